The Labute approximate surface area is 190 Å². The minimum absolute atomic E-state index is 0.0455. The maximum absolute atomic E-state index is 13.2. The number of nitriles is 1. The molecule has 8 heteroatoms. The Balaban J connectivity index is 1.69. The van der Waals surface area contributed by atoms with Gasteiger partial charge in [-0.3, -0.25) is 9.69 Å². The molecule has 1 saturated heterocycles. The number of aliphatic hydroxyl groups is 1. The van der Waals surface area contributed by atoms with E-state index < -0.39 is 17.6 Å². The largest absolute Gasteiger partial charge is 0.494 e. The lowest BCUT2D eigenvalue weighted by Gasteiger charge is -2.38. The average molecular weight is 451 g/mol. The summed E-state index contributed by atoms with van der Waals surface area (Å²) in [5, 5.41) is 21.9. The minimum Gasteiger partial charge on any atom is -0.494 e. The summed E-state index contributed by atoms with van der Waals surface area (Å²) in [5.41, 5.74) is 0.610. The second kappa shape index (κ2) is 8.69. The summed E-state index contributed by atoms with van der Waals surface area (Å²) in [4.78, 5) is 26.3. The Morgan fingerprint density at radius 3 is 2.53 bits per heavy atom. The van der Waals surface area contributed by atoms with E-state index in [1.54, 1.807) is 48.5 Å². The van der Waals surface area contributed by atoms with Gasteiger partial charge in [0, 0.05) is 17.9 Å². The fourth-order valence-electron chi connectivity index (χ4n) is 4.08. The van der Waals surface area contributed by atoms with E-state index >= 15 is 0 Å². The van der Waals surface area contributed by atoms with E-state index in [0.29, 0.717) is 34.1 Å². The van der Waals surface area contributed by atoms with Gasteiger partial charge in [-0.25, -0.2) is 4.79 Å². The Hall–Kier alpha value is -3.28. The van der Waals surface area contributed by atoms with Crippen LogP contribution in [0.25, 0.3) is 0 Å². The normalized spacial score (nSPS) is 22.4. The number of ether oxygens (including phenoxy) is 2. The molecule has 0 bridgehead atoms. The predicted molar refractivity (Wildman–Crippen MR) is 119 cm³/mol. The first-order chi connectivity index (χ1) is 15.4. The highest BCUT2D eigenvalue weighted by Crippen LogP contribution is 2.51. The predicted octanol–water partition coefficient (Wildman–Crippen LogP) is 3.52. The van der Waals surface area contributed by atoms with Gasteiger partial charge in [0.05, 0.1) is 41.7 Å². The van der Waals surface area contributed by atoms with Gasteiger partial charge in [-0.2, -0.15) is 5.26 Å². The number of fused-ring (bicyclic) bond motifs is 1. The first-order valence-corrected chi connectivity index (χ1v) is 11.2. The molecule has 0 aliphatic carbocycles. The molecule has 2 aliphatic rings. The Morgan fingerprint density at radius 2 is 1.94 bits per heavy atom. The standard InChI is InChI=1S/C24H22N2O5S/c1-3-31-18-10-8-17(9-11-18)24(29)14-32-22-20(13-25)19(12-21(27)26(22)24)15-4-6-16(7-5-15)23(28)30-2/h4-11,19,29H,3,12,14H2,1-2H3/t19-,24+/m0/s1. The van der Waals surface area contributed by atoms with Gasteiger partial charge in [-0.15, -0.1) is 11.8 Å². The van der Waals surface area contributed by atoms with Crippen LogP contribution >= 0.6 is 11.8 Å². The summed E-state index contributed by atoms with van der Waals surface area (Å²) in [7, 11) is 1.31. The van der Waals surface area contributed by atoms with Crippen LogP contribution in [0.2, 0.25) is 0 Å². The summed E-state index contributed by atoms with van der Waals surface area (Å²) >= 11 is 1.30. The van der Waals surface area contributed by atoms with Crippen LogP contribution in [-0.4, -0.2) is 41.4 Å². The van der Waals surface area contributed by atoms with E-state index in [4.69, 9.17) is 9.47 Å². The third-order valence-electron chi connectivity index (χ3n) is 5.67. The van der Waals surface area contributed by atoms with Gasteiger partial charge in [0.15, 0.2) is 5.72 Å². The summed E-state index contributed by atoms with van der Waals surface area (Å²) < 4.78 is 10.2. The fourth-order valence-corrected chi connectivity index (χ4v) is 5.44. The van der Waals surface area contributed by atoms with Gasteiger partial charge in [0.2, 0.25) is 5.91 Å². The van der Waals surface area contributed by atoms with Crippen LogP contribution in [0.15, 0.2) is 59.1 Å². The highest BCUT2D eigenvalue weighted by atomic mass is 32.2. The quantitative estimate of drug-likeness (QED) is 0.696. The summed E-state index contributed by atoms with van der Waals surface area (Å²) in [5.74, 6) is -0.253. The molecule has 2 aliphatic heterocycles. The van der Waals surface area contributed by atoms with Crippen molar-refractivity contribution in [1.82, 2.24) is 4.90 Å². The van der Waals surface area contributed by atoms with Crippen molar-refractivity contribution in [3.63, 3.8) is 0 Å². The van der Waals surface area contributed by atoms with Crippen molar-refractivity contribution in [2.75, 3.05) is 19.5 Å². The van der Waals surface area contributed by atoms with Crippen molar-refractivity contribution < 1.29 is 24.2 Å². The van der Waals surface area contributed by atoms with Crippen molar-refractivity contribution in [3.8, 4) is 11.8 Å². The van der Waals surface area contributed by atoms with Crippen molar-refractivity contribution in [2.24, 2.45) is 0 Å². The van der Waals surface area contributed by atoms with Gasteiger partial charge >= 0.3 is 5.97 Å². The van der Waals surface area contributed by atoms with Gasteiger partial charge in [-0.1, -0.05) is 24.3 Å². The Morgan fingerprint density at radius 1 is 1.25 bits per heavy atom. The van der Waals surface area contributed by atoms with Gasteiger partial charge in [-0.05, 0) is 36.8 Å². The molecule has 2 aromatic rings. The lowest BCUT2D eigenvalue weighted by molar-refractivity contribution is -0.149. The molecule has 2 aromatic carbocycles. The number of nitrogens with zero attached hydrogens (tertiary/aromatic N) is 2. The number of carbonyl (C=O) groups excluding carboxylic acids is 2. The van der Waals surface area contributed by atoms with Gasteiger partial charge in [0.25, 0.3) is 0 Å². The zero-order chi connectivity index (χ0) is 22.9. The molecule has 0 radical (unpaired) electrons. The maximum Gasteiger partial charge on any atom is 0.337 e. The second-order valence-electron chi connectivity index (χ2n) is 7.49. The van der Waals surface area contributed by atoms with Crippen LogP contribution in [0.4, 0.5) is 0 Å². The molecule has 32 heavy (non-hydrogen) atoms. The first-order valence-electron chi connectivity index (χ1n) is 10.2. The molecule has 0 spiro atoms. The minimum atomic E-state index is -1.54. The number of hydrogen-bond donors (Lipinski definition) is 1. The van der Waals surface area contributed by atoms with Gasteiger partial charge in [0.1, 0.15) is 5.75 Å². The number of methoxy groups -OCH3 is 1. The number of hydrogen-bond acceptors (Lipinski definition) is 7. The number of carbonyl (C=O) groups is 2. The number of rotatable bonds is 5. The fraction of sp³-hybridized carbons (Fsp3) is 0.292. The van der Waals surface area contributed by atoms with Crippen LogP contribution in [0.3, 0.4) is 0 Å². The van der Waals surface area contributed by atoms with E-state index in [2.05, 4.69) is 6.07 Å². The molecule has 0 unspecified atom stereocenters. The molecule has 2 atom stereocenters. The highest BCUT2D eigenvalue weighted by molar-refractivity contribution is 8.03. The molecule has 0 aromatic heterocycles. The van der Waals surface area contributed by atoms with E-state index in [0.717, 1.165) is 5.56 Å². The number of esters is 1. The van der Waals surface area contributed by atoms with E-state index in [9.17, 15) is 20.0 Å². The van der Waals surface area contributed by atoms with Crippen LogP contribution < -0.4 is 4.74 Å². The van der Waals surface area contributed by atoms with E-state index in [-0.39, 0.29) is 18.1 Å². The maximum atomic E-state index is 13.2. The molecule has 1 amide bonds. The number of amides is 1. The average Bonchev–Trinajstić information content (AvgIpc) is 3.18. The SMILES string of the molecule is CCOc1ccc([C@]2(O)CSC3=C(C#N)[C@H](c4ccc(C(=O)OC)cc4)CC(=O)N32)cc1. The van der Waals surface area contributed by atoms with Crippen LogP contribution in [0, 0.1) is 11.3 Å². The Bertz CT molecular complexity index is 1120. The molecule has 7 nitrogen and oxygen atoms in total. The number of benzene rings is 2. The molecular weight excluding hydrogens is 428 g/mol. The summed E-state index contributed by atoms with van der Waals surface area (Å²) in [6, 6.07) is 16.0. The summed E-state index contributed by atoms with van der Waals surface area (Å²) in [6.45, 7) is 2.42. The van der Waals surface area contributed by atoms with Crippen LogP contribution in [-0.2, 0) is 15.3 Å². The van der Waals surface area contributed by atoms with Crippen LogP contribution in [0.5, 0.6) is 5.75 Å². The Kier molecular flexibility index (Phi) is 5.96. The first kappa shape index (κ1) is 21.9. The number of thioether (sulfide) groups is 1. The molecule has 0 saturated carbocycles. The molecule has 4 rings (SSSR count). The van der Waals surface area contributed by atoms with Crippen LogP contribution in [0.1, 0.15) is 40.7 Å². The molecule has 2 heterocycles. The zero-order valence-electron chi connectivity index (χ0n) is 17.7. The zero-order valence-corrected chi connectivity index (χ0v) is 18.5. The second-order valence-corrected chi connectivity index (χ2v) is 8.46. The van der Waals surface area contributed by atoms with E-state index in [1.807, 2.05) is 6.92 Å². The molecule has 1 fully saturated rings. The molecule has 164 valence electrons. The van der Waals surface area contributed by atoms with Crippen molar-refractivity contribution in [2.45, 2.75) is 25.0 Å². The third-order valence-corrected chi connectivity index (χ3v) is 6.90. The lowest BCUT2D eigenvalue weighted by atomic mass is 9.85. The van der Waals surface area contributed by atoms with Crippen molar-refractivity contribution >= 4 is 23.6 Å². The summed E-state index contributed by atoms with van der Waals surface area (Å²) in [6.07, 6.45) is 0.0455. The highest BCUT2D eigenvalue weighted by Gasteiger charge is 2.51. The topological polar surface area (TPSA) is 99.9 Å². The van der Waals surface area contributed by atoms with Crippen molar-refractivity contribution in [1.29, 1.82) is 5.26 Å². The smallest absolute Gasteiger partial charge is 0.337 e. The van der Waals surface area contributed by atoms with Crippen molar-refractivity contribution in [3.05, 3.63) is 75.8 Å². The third kappa shape index (κ3) is 3.64. The monoisotopic (exact) mass is 450 g/mol. The molecular formula is C24H22N2O5S. The van der Waals surface area contributed by atoms with E-state index in [1.165, 1.54) is 23.8 Å². The van der Waals surface area contributed by atoms with Gasteiger partial charge < -0.3 is 14.6 Å². The molecule has 1 N–H and O–H groups in total. The lowest BCUT2D eigenvalue weighted by Crippen LogP contribution is -2.48. The number of allylic oxidation sites excluding steroid dienone is 1.